The first-order chi connectivity index (χ1) is 9.90. The molecule has 3 aliphatic carbocycles. The largest absolute Gasteiger partial charge is 0.0988 e. The van der Waals surface area contributed by atoms with Gasteiger partial charge in [-0.15, -0.1) is 0 Å². The van der Waals surface area contributed by atoms with Crippen molar-refractivity contribution >= 4 is 7.92 Å². The van der Waals surface area contributed by atoms with Crippen molar-refractivity contribution in [2.45, 2.75) is 81.2 Å². The maximum atomic E-state index is 4.07. The van der Waals surface area contributed by atoms with E-state index in [4.69, 9.17) is 0 Å². The Balaban J connectivity index is 1.80. The lowest BCUT2D eigenvalue weighted by Gasteiger charge is -2.42. The minimum Gasteiger partial charge on any atom is -0.0988 e. The van der Waals surface area contributed by atoms with Crippen LogP contribution in [0.3, 0.4) is 0 Å². The van der Waals surface area contributed by atoms with Gasteiger partial charge in [0.05, 0.1) is 0 Å². The van der Waals surface area contributed by atoms with Crippen LogP contribution < -0.4 is 0 Å². The number of hydrogen-bond acceptors (Lipinski definition) is 0. The van der Waals surface area contributed by atoms with Crippen molar-refractivity contribution in [2.75, 3.05) is 0 Å². The summed E-state index contributed by atoms with van der Waals surface area (Å²) in [5.41, 5.74) is 4.34. The average Bonchev–Trinajstić information content (AvgIpc) is 2.98. The lowest BCUT2D eigenvalue weighted by molar-refractivity contribution is 0.483. The number of hydrogen-bond donors (Lipinski definition) is 0. The zero-order chi connectivity index (χ0) is 13.8. The van der Waals surface area contributed by atoms with Crippen LogP contribution in [0.1, 0.15) is 64.2 Å². The molecule has 0 N–H and O–H groups in total. The first-order valence-corrected chi connectivity index (χ1v) is 10.2. The predicted molar refractivity (Wildman–Crippen MR) is 91.9 cm³/mol. The van der Waals surface area contributed by atoms with Crippen molar-refractivity contribution < 1.29 is 0 Å². The quantitative estimate of drug-likeness (QED) is 0.541. The smallest absolute Gasteiger partial charge is 0.0229 e. The van der Waals surface area contributed by atoms with E-state index in [1.807, 2.05) is 0 Å². The Bertz CT molecular complexity index is 363. The fraction of sp³-hybridized carbons (Fsp3) is 0.684. The second-order valence-electron chi connectivity index (χ2n) is 6.73. The highest BCUT2D eigenvalue weighted by Gasteiger charge is 2.36. The van der Waals surface area contributed by atoms with Crippen LogP contribution in [0.15, 0.2) is 36.5 Å². The molecule has 2 fully saturated rings. The van der Waals surface area contributed by atoms with E-state index in [1.54, 1.807) is 0 Å². The molecule has 3 aliphatic rings. The summed E-state index contributed by atoms with van der Waals surface area (Å²) in [5.74, 6) is 0. The standard InChI is InChI=1S/C19H29P/c1-2-16-10-9-15-19(16)20(17-11-5-3-6-12-17)18-13-7-4-8-14-18/h2,9-10,15,17-19H,1,3-8,11-14H2. The van der Waals surface area contributed by atoms with E-state index in [0.29, 0.717) is 0 Å². The molecule has 0 aromatic heterocycles. The van der Waals surface area contributed by atoms with Gasteiger partial charge in [-0.25, -0.2) is 0 Å². The van der Waals surface area contributed by atoms with Crippen molar-refractivity contribution in [3.63, 3.8) is 0 Å². The molecule has 110 valence electrons. The topological polar surface area (TPSA) is 0 Å². The van der Waals surface area contributed by atoms with Gasteiger partial charge in [0.1, 0.15) is 0 Å². The van der Waals surface area contributed by atoms with Gasteiger partial charge in [0.25, 0.3) is 0 Å². The summed E-state index contributed by atoms with van der Waals surface area (Å²) in [6.07, 6.45) is 24.2. The minimum atomic E-state index is 0.130. The Kier molecular flexibility index (Phi) is 5.16. The molecule has 2 saturated carbocycles. The van der Waals surface area contributed by atoms with E-state index >= 15 is 0 Å². The van der Waals surface area contributed by atoms with Crippen LogP contribution in [0.25, 0.3) is 0 Å². The van der Waals surface area contributed by atoms with Gasteiger partial charge in [-0.2, -0.15) is 0 Å². The number of allylic oxidation sites excluding steroid dienone is 5. The molecule has 0 spiro atoms. The van der Waals surface area contributed by atoms with Crippen molar-refractivity contribution in [1.82, 2.24) is 0 Å². The summed E-state index contributed by atoms with van der Waals surface area (Å²) < 4.78 is 0. The summed E-state index contributed by atoms with van der Waals surface area (Å²) in [6, 6.07) is 0. The van der Waals surface area contributed by atoms with Gasteiger partial charge in [-0.05, 0) is 42.6 Å². The van der Waals surface area contributed by atoms with E-state index in [9.17, 15) is 0 Å². The molecule has 1 unspecified atom stereocenters. The van der Waals surface area contributed by atoms with E-state index in [-0.39, 0.29) is 7.92 Å². The highest BCUT2D eigenvalue weighted by Crippen LogP contribution is 2.61. The first kappa shape index (κ1) is 14.6. The molecule has 0 aliphatic heterocycles. The normalized spacial score (nSPS) is 28.9. The summed E-state index contributed by atoms with van der Waals surface area (Å²) in [4.78, 5) is 0. The zero-order valence-corrected chi connectivity index (χ0v) is 13.7. The van der Waals surface area contributed by atoms with Gasteiger partial charge in [-0.1, -0.05) is 77.3 Å². The summed E-state index contributed by atoms with van der Waals surface area (Å²) in [7, 11) is 0.130. The average molecular weight is 288 g/mol. The number of rotatable bonds is 4. The van der Waals surface area contributed by atoms with Crippen molar-refractivity contribution in [1.29, 1.82) is 0 Å². The molecule has 0 heterocycles. The van der Waals surface area contributed by atoms with Gasteiger partial charge < -0.3 is 0 Å². The van der Waals surface area contributed by atoms with Crippen LogP contribution >= 0.6 is 7.92 Å². The van der Waals surface area contributed by atoms with Gasteiger partial charge >= 0.3 is 0 Å². The van der Waals surface area contributed by atoms with Crippen molar-refractivity contribution in [3.05, 3.63) is 36.5 Å². The molecular weight excluding hydrogens is 259 g/mol. The SMILES string of the molecule is C=CC1=CC=CC1P(C1CCCCC1)C1CCCCC1. The molecule has 0 aromatic carbocycles. The minimum absolute atomic E-state index is 0.130. The van der Waals surface area contributed by atoms with Gasteiger partial charge in [-0.3, -0.25) is 0 Å². The van der Waals surface area contributed by atoms with Gasteiger partial charge in [0.15, 0.2) is 0 Å². The molecule has 20 heavy (non-hydrogen) atoms. The van der Waals surface area contributed by atoms with Crippen molar-refractivity contribution in [3.8, 4) is 0 Å². The Labute approximate surface area is 126 Å². The Morgan fingerprint density at radius 3 is 1.95 bits per heavy atom. The van der Waals surface area contributed by atoms with Crippen LogP contribution in [0.4, 0.5) is 0 Å². The van der Waals surface area contributed by atoms with Crippen LogP contribution in [0.5, 0.6) is 0 Å². The highest BCUT2D eigenvalue weighted by molar-refractivity contribution is 7.60. The molecule has 0 aromatic rings. The highest BCUT2D eigenvalue weighted by atomic mass is 31.1. The van der Waals surface area contributed by atoms with E-state index < -0.39 is 0 Å². The van der Waals surface area contributed by atoms with Crippen LogP contribution in [-0.4, -0.2) is 17.0 Å². The second kappa shape index (κ2) is 7.08. The van der Waals surface area contributed by atoms with Gasteiger partial charge in [0.2, 0.25) is 0 Å². The molecular formula is C19H29P. The fourth-order valence-corrected chi connectivity index (χ4v) is 8.71. The van der Waals surface area contributed by atoms with Crippen molar-refractivity contribution in [2.24, 2.45) is 0 Å². The molecule has 0 nitrogen and oxygen atoms in total. The van der Waals surface area contributed by atoms with Crippen LogP contribution in [-0.2, 0) is 0 Å². The summed E-state index contributed by atoms with van der Waals surface area (Å²) in [6.45, 7) is 4.07. The van der Waals surface area contributed by atoms with Gasteiger partial charge in [0, 0.05) is 5.66 Å². The monoisotopic (exact) mass is 288 g/mol. The van der Waals surface area contributed by atoms with E-state index in [0.717, 1.165) is 17.0 Å². The Hall–Kier alpha value is -0.350. The summed E-state index contributed by atoms with van der Waals surface area (Å²) in [5, 5.41) is 0. The lowest BCUT2D eigenvalue weighted by atomic mass is 9.99. The van der Waals surface area contributed by atoms with Crippen LogP contribution in [0.2, 0.25) is 0 Å². The summed E-state index contributed by atoms with van der Waals surface area (Å²) >= 11 is 0. The Morgan fingerprint density at radius 1 is 0.900 bits per heavy atom. The second-order valence-corrected chi connectivity index (χ2v) is 9.64. The van der Waals surface area contributed by atoms with Crippen LogP contribution in [0, 0.1) is 0 Å². The molecule has 0 saturated heterocycles. The molecule has 1 heteroatoms. The third kappa shape index (κ3) is 3.11. The lowest BCUT2D eigenvalue weighted by Crippen LogP contribution is -2.26. The van der Waals surface area contributed by atoms with E-state index in [1.165, 1.54) is 69.8 Å². The molecule has 0 bridgehead atoms. The Morgan fingerprint density at radius 2 is 1.45 bits per heavy atom. The fourth-order valence-electron chi connectivity index (χ4n) is 4.45. The molecule has 0 amide bonds. The zero-order valence-electron chi connectivity index (χ0n) is 12.8. The predicted octanol–water partition coefficient (Wildman–Crippen LogP) is 6.18. The third-order valence-corrected chi connectivity index (χ3v) is 9.31. The molecule has 3 rings (SSSR count). The maximum Gasteiger partial charge on any atom is 0.0229 e. The molecule has 1 atom stereocenters. The van der Waals surface area contributed by atoms with E-state index in [2.05, 4.69) is 30.9 Å². The maximum absolute atomic E-state index is 4.07. The molecule has 0 radical (unpaired) electrons. The first-order valence-electron chi connectivity index (χ1n) is 8.68. The third-order valence-electron chi connectivity index (χ3n) is 5.47.